The lowest BCUT2D eigenvalue weighted by Crippen LogP contribution is -2.48. The summed E-state index contributed by atoms with van der Waals surface area (Å²) < 4.78 is 1.95. The summed E-state index contributed by atoms with van der Waals surface area (Å²) in [6.07, 6.45) is 3.81. The molecule has 0 aliphatic carbocycles. The Kier molecular flexibility index (Phi) is 8.95. The Morgan fingerprint density at radius 2 is 2.15 bits per heavy atom. The number of aliphatic imine (C=N–C) groups is 1. The number of rotatable bonds is 5. The molecule has 1 aromatic carbocycles. The first-order chi connectivity index (χ1) is 12.7. The number of aromatic nitrogens is 2. The fourth-order valence-electron chi connectivity index (χ4n) is 3.20. The van der Waals surface area contributed by atoms with Crippen molar-refractivity contribution in [2.24, 2.45) is 10.9 Å². The predicted octanol–water partition coefficient (Wildman–Crippen LogP) is 3.70. The van der Waals surface area contributed by atoms with Crippen molar-refractivity contribution >= 4 is 41.7 Å². The standard InChI is InChI=1S/C20H29N5S.HI/c1-16(2)19-15-24(10-11-26-19)20(21-3)22-13-17-6-4-7-18(12-17)14-25-9-5-8-23-25;/h4-9,12,16,19H,10-11,13-15H2,1-3H3,(H,21,22);1H. The Bertz CT molecular complexity index is 717. The van der Waals surface area contributed by atoms with E-state index in [1.807, 2.05) is 30.2 Å². The summed E-state index contributed by atoms with van der Waals surface area (Å²) in [5, 5.41) is 8.51. The summed E-state index contributed by atoms with van der Waals surface area (Å²) in [6.45, 7) is 8.34. The van der Waals surface area contributed by atoms with E-state index in [0.717, 1.165) is 32.1 Å². The largest absolute Gasteiger partial charge is 0.352 e. The minimum absolute atomic E-state index is 0. The Morgan fingerprint density at radius 1 is 1.33 bits per heavy atom. The fourth-order valence-corrected chi connectivity index (χ4v) is 4.50. The Balaban J connectivity index is 0.00000261. The highest BCUT2D eigenvalue weighted by molar-refractivity contribution is 14.0. The quantitative estimate of drug-likeness (QED) is 0.387. The molecule has 2 aromatic rings. The van der Waals surface area contributed by atoms with Crippen LogP contribution in [0.1, 0.15) is 25.0 Å². The van der Waals surface area contributed by atoms with Gasteiger partial charge in [0.05, 0.1) is 6.54 Å². The first kappa shape index (κ1) is 22.1. The highest BCUT2D eigenvalue weighted by Gasteiger charge is 2.24. The predicted molar refractivity (Wildman–Crippen MR) is 126 cm³/mol. The smallest absolute Gasteiger partial charge is 0.193 e. The number of hydrogen-bond donors (Lipinski definition) is 1. The van der Waals surface area contributed by atoms with Crippen molar-refractivity contribution in [2.75, 3.05) is 25.9 Å². The lowest BCUT2D eigenvalue weighted by atomic mass is 10.1. The van der Waals surface area contributed by atoms with E-state index in [9.17, 15) is 0 Å². The van der Waals surface area contributed by atoms with Gasteiger partial charge < -0.3 is 10.2 Å². The van der Waals surface area contributed by atoms with Crippen LogP contribution < -0.4 is 5.32 Å². The maximum absolute atomic E-state index is 4.51. The van der Waals surface area contributed by atoms with E-state index in [1.165, 1.54) is 16.9 Å². The van der Waals surface area contributed by atoms with Crippen LogP contribution in [0, 0.1) is 5.92 Å². The number of nitrogens with zero attached hydrogens (tertiary/aromatic N) is 4. The van der Waals surface area contributed by atoms with Crippen LogP contribution in [0.2, 0.25) is 0 Å². The van der Waals surface area contributed by atoms with Gasteiger partial charge in [-0.3, -0.25) is 9.67 Å². The summed E-state index contributed by atoms with van der Waals surface area (Å²) in [5.74, 6) is 2.87. The highest BCUT2D eigenvalue weighted by Crippen LogP contribution is 2.24. The minimum Gasteiger partial charge on any atom is -0.352 e. The third-order valence-corrected chi connectivity index (χ3v) is 6.23. The molecule has 7 heteroatoms. The molecule has 0 bridgehead atoms. The highest BCUT2D eigenvalue weighted by atomic mass is 127. The van der Waals surface area contributed by atoms with Crippen LogP contribution in [-0.4, -0.2) is 51.8 Å². The van der Waals surface area contributed by atoms with E-state index < -0.39 is 0 Å². The molecule has 1 aliphatic rings. The van der Waals surface area contributed by atoms with Crippen LogP contribution in [0.25, 0.3) is 0 Å². The number of nitrogens with one attached hydrogen (secondary N) is 1. The summed E-state index contributed by atoms with van der Waals surface area (Å²) in [7, 11) is 1.88. The average molecular weight is 499 g/mol. The molecule has 0 saturated carbocycles. The molecule has 1 N–H and O–H groups in total. The molecule has 2 heterocycles. The van der Waals surface area contributed by atoms with Gasteiger partial charge in [0, 0.05) is 50.1 Å². The molecule has 1 fully saturated rings. The van der Waals surface area contributed by atoms with Gasteiger partial charge in [-0.25, -0.2) is 0 Å². The van der Waals surface area contributed by atoms with Gasteiger partial charge in [-0.15, -0.1) is 24.0 Å². The summed E-state index contributed by atoms with van der Waals surface area (Å²) in [5.41, 5.74) is 2.53. The van der Waals surface area contributed by atoms with Crippen LogP contribution in [-0.2, 0) is 13.1 Å². The van der Waals surface area contributed by atoms with Gasteiger partial charge in [-0.05, 0) is 23.1 Å². The molecule has 27 heavy (non-hydrogen) atoms. The van der Waals surface area contributed by atoms with Gasteiger partial charge in [-0.2, -0.15) is 16.9 Å². The van der Waals surface area contributed by atoms with Crippen LogP contribution in [0.5, 0.6) is 0 Å². The monoisotopic (exact) mass is 499 g/mol. The van der Waals surface area contributed by atoms with Crippen LogP contribution in [0.15, 0.2) is 47.7 Å². The number of guanidine groups is 1. The summed E-state index contributed by atoms with van der Waals surface area (Å²) >= 11 is 2.09. The molecule has 1 unspecified atom stereocenters. The molecule has 3 rings (SSSR count). The van der Waals surface area contributed by atoms with Crippen molar-refractivity contribution in [3.05, 3.63) is 53.9 Å². The van der Waals surface area contributed by atoms with Gasteiger partial charge in [0.25, 0.3) is 0 Å². The van der Waals surface area contributed by atoms with Gasteiger partial charge >= 0.3 is 0 Å². The van der Waals surface area contributed by atoms with Gasteiger partial charge in [-0.1, -0.05) is 38.1 Å². The van der Waals surface area contributed by atoms with Crippen molar-refractivity contribution in [1.82, 2.24) is 20.0 Å². The lowest BCUT2D eigenvalue weighted by molar-refractivity contribution is 0.380. The number of halogens is 1. The van der Waals surface area contributed by atoms with Crippen LogP contribution in [0.4, 0.5) is 0 Å². The van der Waals surface area contributed by atoms with Crippen molar-refractivity contribution in [2.45, 2.75) is 32.2 Å². The van der Waals surface area contributed by atoms with Crippen molar-refractivity contribution < 1.29 is 0 Å². The molecule has 1 aromatic heterocycles. The van der Waals surface area contributed by atoms with Crippen molar-refractivity contribution in [1.29, 1.82) is 0 Å². The second-order valence-corrected chi connectivity index (χ2v) is 8.37. The molecule has 5 nitrogen and oxygen atoms in total. The summed E-state index contributed by atoms with van der Waals surface area (Å²) in [6, 6.07) is 10.6. The van der Waals surface area contributed by atoms with Gasteiger partial charge in [0.1, 0.15) is 0 Å². The second kappa shape index (κ2) is 10.9. The lowest BCUT2D eigenvalue weighted by Gasteiger charge is -2.36. The Labute approximate surface area is 184 Å². The van der Waals surface area contributed by atoms with E-state index in [1.54, 1.807) is 0 Å². The van der Waals surface area contributed by atoms with E-state index in [0.29, 0.717) is 11.2 Å². The molecule has 0 spiro atoms. The average Bonchev–Trinajstić information content (AvgIpc) is 3.16. The zero-order valence-electron chi connectivity index (χ0n) is 16.3. The Hall–Kier alpha value is -1.22. The maximum atomic E-state index is 4.51. The van der Waals surface area contributed by atoms with E-state index in [4.69, 9.17) is 0 Å². The third kappa shape index (κ3) is 6.41. The topological polar surface area (TPSA) is 45.5 Å². The minimum atomic E-state index is 0. The summed E-state index contributed by atoms with van der Waals surface area (Å²) in [4.78, 5) is 6.91. The number of benzene rings is 1. The third-order valence-electron chi connectivity index (χ3n) is 4.69. The Morgan fingerprint density at radius 3 is 2.85 bits per heavy atom. The zero-order chi connectivity index (χ0) is 18.4. The SMILES string of the molecule is CN=C(NCc1cccc(Cn2cccn2)c1)N1CCSC(C(C)C)C1.I. The number of hydrogen-bond acceptors (Lipinski definition) is 3. The molecular formula is C20H30IN5S. The van der Waals surface area contributed by atoms with Crippen molar-refractivity contribution in [3.8, 4) is 0 Å². The first-order valence-corrected chi connectivity index (χ1v) is 10.3. The molecule has 0 amide bonds. The zero-order valence-corrected chi connectivity index (χ0v) is 19.5. The maximum Gasteiger partial charge on any atom is 0.193 e. The van der Waals surface area contributed by atoms with Crippen molar-refractivity contribution in [3.63, 3.8) is 0 Å². The van der Waals surface area contributed by atoms with Crippen LogP contribution in [0.3, 0.4) is 0 Å². The molecular weight excluding hydrogens is 469 g/mol. The van der Waals surface area contributed by atoms with E-state index in [2.05, 4.69) is 70.2 Å². The molecule has 1 aliphatic heterocycles. The first-order valence-electron chi connectivity index (χ1n) is 9.28. The van der Waals surface area contributed by atoms with Crippen LogP contribution >= 0.6 is 35.7 Å². The number of thioether (sulfide) groups is 1. The van der Waals surface area contributed by atoms with Gasteiger partial charge in [0.2, 0.25) is 0 Å². The van der Waals surface area contributed by atoms with E-state index in [-0.39, 0.29) is 24.0 Å². The molecule has 1 atom stereocenters. The molecule has 0 radical (unpaired) electrons. The second-order valence-electron chi connectivity index (χ2n) is 7.02. The van der Waals surface area contributed by atoms with Gasteiger partial charge in [0.15, 0.2) is 5.96 Å². The van der Waals surface area contributed by atoms with E-state index >= 15 is 0 Å². The molecule has 1 saturated heterocycles. The fraction of sp³-hybridized carbons (Fsp3) is 0.500. The molecule has 148 valence electrons. The normalized spacial score (nSPS) is 17.7.